The van der Waals surface area contributed by atoms with Crippen molar-refractivity contribution in [1.82, 2.24) is 0 Å². The van der Waals surface area contributed by atoms with Crippen molar-refractivity contribution in [1.29, 1.82) is 0 Å². The third kappa shape index (κ3) is 7.24. The monoisotopic (exact) mass is 607 g/mol. The Kier molecular flexibility index (Phi) is 9.56. The normalized spacial score (nSPS) is 12.9. The molecule has 43 heavy (non-hydrogen) atoms. The number of fused-ring (bicyclic) bond motifs is 2. The summed E-state index contributed by atoms with van der Waals surface area (Å²) in [6, 6.07) is 15.7. The second kappa shape index (κ2) is 13.1. The molecule has 0 aliphatic carbocycles. The minimum Gasteiger partial charge on any atom is -0.497 e. The average Bonchev–Trinajstić information content (AvgIpc) is 2.94. The molecule has 0 bridgehead atoms. The van der Waals surface area contributed by atoms with Crippen LogP contribution >= 0.6 is 11.6 Å². The maximum absolute atomic E-state index is 12.9. The number of rotatable bonds is 6. The molecule has 1 aromatic heterocycles. The van der Waals surface area contributed by atoms with Crippen molar-refractivity contribution in [2.75, 3.05) is 26.6 Å². The summed E-state index contributed by atoms with van der Waals surface area (Å²) in [5.41, 5.74) is 1.74. The van der Waals surface area contributed by atoms with E-state index in [0.29, 0.717) is 55.8 Å². The van der Waals surface area contributed by atoms with Crippen molar-refractivity contribution in [3.05, 3.63) is 81.7 Å². The van der Waals surface area contributed by atoms with Gasteiger partial charge in [-0.05, 0) is 75.7 Å². The molecule has 2 heterocycles. The lowest BCUT2D eigenvalue weighted by Crippen LogP contribution is -2.27. The third-order valence-electron chi connectivity index (χ3n) is 6.33. The first kappa shape index (κ1) is 31.3. The van der Waals surface area contributed by atoms with E-state index in [1.807, 2.05) is 26.0 Å². The predicted molar refractivity (Wildman–Crippen MR) is 168 cm³/mol. The number of hydrogen-bond acceptors (Lipinski definition) is 8. The number of carbonyl (C=O) groups is 1. The molecule has 0 saturated heterocycles. The van der Waals surface area contributed by atoms with Gasteiger partial charge >= 0.3 is 11.7 Å². The van der Waals surface area contributed by atoms with Gasteiger partial charge in [-0.1, -0.05) is 29.8 Å². The Hall–Kier alpha value is -4.63. The largest absolute Gasteiger partial charge is 0.497 e. The Morgan fingerprint density at radius 2 is 1.65 bits per heavy atom. The fourth-order valence-corrected chi connectivity index (χ4v) is 4.68. The van der Waals surface area contributed by atoms with Crippen LogP contribution in [0.15, 0.2) is 69.9 Å². The molecule has 1 N–H and O–H groups in total. The number of nitrogens with one attached hydrogen (secondary N) is 1. The smallest absolute Gasteiger partial charge is 0.411 e. The first-order chi connectivity index (χ1) is 20.5. The van der Waals surface area contributed by atoms with Gasteiger partial charge < -0.3 is 28.1 Å². The zero-order chi connectivity index (χ0) is 31.3. The second-order valence-electron chi connectivity index (χ2n) is 10.3. The first-order valence-electron chi connectivity index (χ1n) is 13.5. The summed E-state index contributed by atoms with van der Waals surface area (Å²) < 4.78 is 33.2. The number of ether oxygens (including phenoxy) is 5. The second-order valence-corrected chi connectivity index (χ2v) is 10.8. The van der Waals surface area contributed by atoms with Gasteiger partial charge in [0, 0.05) is 16.8 Å². The van der Waals surface area contributed by atoms with E-state index in [1.54, 1.807) is 82.7 Å². The predicted octanol–water partition coefficient (Wildman–Crippen LogP) is 7.97. The Labute approximate surface area is 254 Å². The maximum atomic E-state index is 12.9. The standard InChI is InChI=1S/C23H22O6.C10H12ClNO2/c1-23(2)11-10-15-16(29-23)12-17-19(20(15)26-4)21(27-5)18(22(24)28-17)13-6-8-14(25-3)9-7-13;1-7(2)14-10(13)12-9-5-3-4-8(11)6-9/h6-12H,1-5H3;3-7H,1-2H3,(H,12,13). The van der Waals surface area contributed by atoms with Crippen LogP contribution in [0, 0.1) is 0 Å². The highest BCUT2D eigenvalue weighted by atomic mass is 35.5. The van der Waals surface area contributed by atoms with Crippen LogP contribution in [0.25, 0.3) is 28.2 Å². The lowest BCUT2D eigenvalue weighted by Gasteiger charge is -2.29. The molecule has 0 unspecified atom stereocenters. The van der Waals surface area contributed by atoms with Crippen LogP contribution in [0.2, 0.25) is 5.02 Å². The van der Waals surface area contributed by atoms with Crippen molar-refractivity contribution in [2.45, 2.75) is 39.4 Å². The van der Waals surface area contributed by atoms with Crippen LogP contribution in [0.3, 0.4) is 0 Å². The van der Waals surface area contributed by atoms with Gasteiger partial charge in [0.15, 0.2) is 0 Å². The minimum absolute atomic E-state index is 0.130. The van der Waals surface area contributed by atoms with Crippen LogP contribution in [0.5, 0.6) is 23.0 Å². The average molecular weight is 608 g/mol. The van der Waals surface area contributed by atoms with E-state index in [-0.39, 0.29) is 6.10 Å². The van der Waals surface area contributed by atoms with Gasteiger partial charge in [-0.25, -0.2) is 9.59 Å². The molecular formula is C33H34ClNO8. The number of hydrogen-bond donors (Lipinski definition) is 1. The molecule has 1 aliphatic heterocycles. The summed E-state index contributed by atoms with van der Waals surface area (Å²) in [5.74, 6) is 2.19. The molecule has 4 aromatic rings. The maximum Gasteiger partial charge on any atom is 0.411 e. The highest BCUT2D eigenvalue weighted by molar-refractivity contribution is 6.30. The SMILES string of the molecule is CC(C)OC(=O)Nc1cccc(Cl)c1.COc1ccc(-c2c(OC)c3c(OC)c4c(cc3oc2=O)OC(C)(C)C=C4)cc1. The Morgan fingerprint density at radius 1 is 0.953 bits per heavy atom. The van der Waals surface area contributed by atoms with E-state index in [1.165, 1.54) is 7.11 Å². The van der Waals surface area contributed by atoms with Gasteiger partial charge in [-0.2, -0.15) is 0 Å². The molecule has 1 amide bonds. The van der Waals surface area contributed by atoms with E-state index in [9.17, 15) is 9.59 Å². The zero-order valence-corrected chi connectivity index (χ0v) is 25.8. The van der Waals surface area contributed by atoms with Crippen molar-refractivity contribution < 1.29 is 32.9 Å². The van der Waals surface area contributed by atoms with Crippen molar-refractivity contribution in [2.24, 2.45) is 0 Å². The van der Waals surface area contributed by atoms with Gasteiger partial charge in [0.25, 0.3) is 0 Å². The summed E-state index contributed by atoms with van der Waals surface area (Å²) in [6.07, 6.45) is 3.31. The number of amides is 1. The molecule has 3 aromatic carbocycles. The molecule has 0 radical (unpaired) electrons. The summed E-state index contributed by atoms with van der Waals surface area (Å²) in [7, 11) is 4.68. The Balaban J connectivity index is 0.000000255. The summed E-state index contributed by atoms with van der Waals surface area (Å²) in [4.78, 5) is 24.0. The van der Waals surface area contributed by atoms with E-state index in [2.05, 4.69) is 5.32 Å². The summed E-state index contributed by atoms with van der Waals surface area (Å²) in [6.45, 7) is 7.48. The van der Waals surface area contributed by atoms with E-state index < -0.39 is 17.3 Å². The van der Waals surface area contributed by atoms with Gasteiger partial charge in [-0.15, -0.1) is 0 Å². The molecule has 226 valence electrons. The van der Waals surface area contributed by atoms with Crippen LogP contribution in [-0.2, 0) is 4.74 Å². The highest BCUT2D eigenvalue weighted by Crippen LogP contribution is 2.47. The molecule has 5 rings (SSSR count). The lowest BCUT2D eigenvalue weighted by atomic mass is 9.98. The summed E-state index contributed by atoms with van der Waals surface area (Å²) in [5, 5.41) is 3.72. The molecule has 10 heteroatoms. The van der Waals surface area contributed by atoms with Gasteiger partial charge in [0.2, 0.25) is 0 Å². The fraction of sp³-hybridized carbons (Fsp3) is 0.273. The fourth-order valence-electron chi connectivity index (χ4n) is 4.49. The lowest BCUT2D eigenvalue weighted by molar-refractivity contribution is 0.130. The minimum atomic E-state index is -0.507. The summed E-state index contributed by atoms with van der Waals surface area (Å²) >= 11 is 5.74. The van der Waals surface area contributed by atoms with Crippen molar-refractivity contribution >= 4 is 40.4 Å². The molecule has 0 spiro atoms. The van der Waals surface area contributed by atoms with Crippen molar-refractivity contribution in [3.8, 4) is 34.1 Å². The molecule has 0 fully saturated rings. The van der Waals surface area contributed by atoms with E-state index in [0.717, 1.165) is 5.56 Å². The van der Waals surface area contributed by atoms with E-state index >= 15 is 0 Å². The zero-order valence-electron chi connectivity index (χ0n) is 25.1. The number of halogens is 1. The first-order valence-corrected chi connectivity index (χ1v) is 13.9. The topological polar surface area (TPSA) is 105 Å². The van der Waals surface area contributed by atoms with Crippen LogP contribution in [0.4, 0.5) is 10.5 Å². The number of methoxy groups -OCH3 is 3. The van der Waals surface area contributed by atoms with Gasteiger partial charge in [-0.3, -0.25) is 5.32 Å². The highest BCUT2D eigenvalue weighted by Gasteiger charge is 2.29. The number of anilines is 1. The van der Waals surface area contributed by atoms with Crippen LogP contribution < -0.4 is 29.9 Å². The molecule has 0 atom stereocenters. The van der Waals surface area contributed by atoms with Crippen LogP contribution in [0.1, 0.15) is 33.3 Å². The van der Waals surface area contributed by atoms with Gasteiger partial charge in [0.05, 0.1) is 33.0 Å². The van der Waals surface area contributed by atoms with Crippen LogP contribution in [-0.4, -0.2) is 39.1 Å². The molecule has 1 aliphatic rings. The number of carbonyl (C=O) groups excluding carboxylic acids is 1. The Bertz CT molecular complexity index is 1710. The Morgan fingerprint density at radius 3 is 2.26 bits per heavy atom. The molecule has 9 nitrogen and oxygen atoms in total. The molecular weight excluding hydrogens is 574 g/mol. The van der Waals surface area contributed by atoms with E-state index in [4.69, 9.17) is 39.7 Å². The third-order valence-corrected chi connectivity index (χ3v) is 6.57. The molecule has 0 saturated carbocycles. The van der Waals surface area contributed by atoms with Crippen molar-refractivity contribution in [3.63, 3.8) is 0 Å². The van der Waals surface area contributed by atoms with Gasteiger partial charge in [0.1, 0.15) is 45.1 Å². The quantitative estimate of drug-likeness (QED) is 0.220. The number of benzene rings is 3.